The van der Waals surface area contributed by atoms with Gasteiger partial charge < -0.3 is 16.0 Å². The number of nitrogens with one attached hydrogen (secondary N) is 1. The molecular formula is C25H31N3O2. The molecular weight excluding hydrogens is 374 g/mol. The number of aryl methyl sites for hydroxylation is 1. The van der Waals surface area contributed by atoms with Crippen molar-refractivity contribution in [3.05, 3.63) is 71.3 Å². The quantitative estimate of drug-likeness (QED) is 0.821. The molecule has 5 nitrogen and oxygen atoms in total. The lowest BCUT2D eigenvalue weighted by molar-refractivity contribution is -0.139. The minimum absolute atomic E-state index is 0.0556. The predicted molar refractivity (Wildman–Crippen MR) is 118 cm³/mol. The summed E-state index contributed by atoms with van der Waals surface area (Å²) in [4.78, 5) is 28.0. The van der Waals surface area contributed by atoms with E-state index in [-0.39, 0.29) is 17.2 Å². The van der Waals surface area contributed by atoms with E-state index in [9.17, 15) is 9.59 Å². The van der Waals surface area contributed by atoms with Crippen molar-refractivity contribution in [1.29, 1.82) is 0 Å². The van der Waals surface area contributed by atoms with Gasteiger partial charge in [-0.3, -0.25) is 9.59 Å². The molecule has 30 heavy (non-hydrogen) atoms. The average molecular weight is 406 g/mol. The van der Waals surface area contributed by atoms with Crippen LogP contribution in [-0.2, 0) is 21.4 Å². The van der Waals surface area contributed by atoms with Gasteiger partial charge >= 0.3 is 0 Å². The highest BCUT2D eigenvalue weighted by molar-refractivity contribution is 5.92. The molecule has 4 rings (SSSR count). The zero-order valence-corrected chi connectivity index (χ0v) is 17.9. The van der Waals surface area contributed by atoms with E-state index in [1.54, 1.807) is 13.8 Å². The number of benzene rings is 2. The molecule has 0 saturated carbocycles. The summed E-state index contributed by atoms with van der Waals surface area (Å²) in [7, 11) is 0. The van der Waals surface area contributed by atoms with Crippen molar-refractivity contribution in [3.63, 3.8) is 0 Å². The lowest BCUT2D eigenvalue weighted by atomic mass is 9.73. The fourth-order valence-corrected chi connectivity index (χ4v) is 4.87. The average Bonchev–Trinajstić information content (AvgIpc) is 3.10. The van der Waals surface area contributed by atoms with Gasteiger partial charge in [-0.2, -0.15) is 0 Å². The van der Waals surface area contributed by atoms with Gasteiger partial charge in [0.05, 0.1) is 5.54 Å². The first-order valence-electron chi connectivity index (χ1n) is 10.8. The second-order valence-electron chi connectivity index (χ2n) is 9.30. The summed E-state index contributed by atoms with van der Waals surface area (Å²) in [5.41, 5.74) is 8.82. The lowest BCUT2D eigenvalue weighted by Crippen LogP contribution is -2.54. The SMILES string of the molecule is CC(C)(N)C(=O)NC(C(=O)N1CCC2(CCc3ccccc32)CC1)c1ccccc1. The van der Waals surface area contributed by atoms with Crippen LogP contribution in [0, 0.1) is 0 Å². The maximum absolute atomic E-state index is 13.5. The Morgan fingerprint density at radius 2 is 1.63 bits per heavy atom. The number of rotatable bonds is 4. The van der Waals surface area contributed by atoms with E-state index < -0.39 is 11.6 Å². The van der Waals surface area contributed by atoms with Gasteiger partial charge in [0.1, 0.15) is 6.04 Å². The van der Waals surface area contributed by atoms with Gasteiger partial charge in [0.15, 0.2) is 0 Å². The van der Waals surface area contributed by atoms with Crippen LogP contribution in [0.25, 0.3) is 0 Å². The van der Waals surface area contributed by atoms with Crippen LogP contribution >= 0.6 is 0 Å². The molecule has 1 unspecified atom stereocenters. The molecule has 2 amide bonds. The number of piperidine rings is 1. The summed E-state index contributed by atoms with van der Waals surface area (Å²) < 4.78 is 0. The third-order valence-corrected chi connectivity index (χ3v) is 6.73. The number of likely N-dealkylation sites (tertiary alicyclic amines) is 1. The molecule has 1 heterocycles. The largest absolute Gasteiger partial charge is 0.341 e. The van der Waals surface area contributed by atoms with Gasteiger partial charge in [-0.1, -0.05) is 54.6 Å². The fraction of sp³-hybridized carbons (Fsp3) is 0.440. The molecule has 0 radical (unpaired) electrons. The van der Waals surface area contributed by atoms with Crippen LogP contribution in [0.15, 0.2) is 54.6 Å². The van der Waals surface area contributed by atoms with Crippen LogP contribution in [0.1, 0.15) is 55.8 Å². The van der Waals surface area contributed by atoms with Crippen LogP contribution in [0.2, 0.25) is 0 Å². The van der Waals surface area contributed by atoms with Crippen molar-refractivity contribution in [2.45, 2.75) is 56.5 Å². The molecule has 1 fully saturated rings. The molecule has 1 atom stereocenters. The van der Waals surface area contributed by atoms with Crippen molar-refractivity contribution >= 4 is 11.8 Å². The topological polar surface area (TPSA) is 75.4 Å². The zero-order valence-electron chi connectivity index (χ0n) is 17.9. The minimum Gasteiger partial charge on any atom is -0.341 e. The maximum atomic E-state index is 13.5. The van der Waals surface area contributed by atoms with Crippen LogP contribution in [0.3, 0.4) is 0 Å². The standard InChI is InChI=1S/C25H31N3O2/c1-24(2,26)23(30)27-21(19-9-4-3-5-10-19)22(29)28-16-14-25(15-17-28)13-12-18-8-6-7-11-20(18)25/h3-11,21H,12-17,26H2,1-2H3,(H,27,30). The molecule has 5 heteroatoms. The first kappa shape index (κ1) is 20.6. The van der Waals surface area contributed by atoms with E-state index in [0.717, 1.165) is 31.2 Å². The van der Waals surface area contributed by atoms with Crippen LogP contribution in [0.5, 0.6) is 0 Å². The molecule has 1 aliphatic carbocycles. The van der Waals surface area contributed by atoms with Gasteiger partial charge in [0.2, 0.25) is 11.8 Å². The van der Waals surface area contributed by atoms with E-state index in [1.807, 2.05) is 35.2 Å². The summed E-state index contributed by atoms with van der Waals surface area (Å²) in [6, 6.07) is 17.4. The van der Waals surface area contributed by atoms with E-state index >= 15 is 0 Å². The molecule has 158 valence electrons. The lowest BCUT2D eigenvalue weighted by Gasteiger charge is -2.41. The predicted octanol–water partition coefficient (Wildman–Crippen LogP) is 3.09. The Kier molecular flexibility index (Phi) is 5.41. The van der Waals surface area contributed by atoms with Crippen molar-refractivity contribution in [1.82, 2.24) is 10.2 Å². The van der Waals surface area contributed by atoms with E-state index in [4.69, 9.17) is 5.73 Å². The molecule has 0 bridgehead atoms. The first-order chi connectivity index (χ1) is 14.3. The van der Waals surface area contributed by atoms with Gasteiger partial charge in [-0.05, 0) is 61.6 Å². The Balaban J connectivity index is 1.51. The van der Waals surface area contributed by atoms with E-state index in [2.05, 4.69) is 29.6 Å². The highest BCUT2D eigenvalue weighted by Gasteiger charge is 2.43. The number of hydrogen-bond acceptors (Lipinski definition) is 3. The number of fused-ring (bicyclic) bond motifs is 2. The van der Waals surface area contributed by atoms with Gasteiger partial charge in [0, 0.05) is 13.1 Å². The number of amides is 2. The molecule has 1 aliphatic heterocycles. The number of nitrogens with zero attached hydrogens (tertiary/aromatic N) is 1. The summed E-state index contributed by atoms with van der Waals surface area (Å²) in [6.45, 7) is 4.71. The van der Waals surface area contributed by atoms with E-state index in [1.165, 1.54) is 11.1 Å². The molecule has 1 saturated heterocycles. The summed E-state index contributed by atoms with van der Waals surface area (Å²) in [5, 5.41) is 2.89. The number of carbonyl (C=O) groups excluding carboxylic acids is 2. The smallest absolute Gasteiger partial charge is 0.249 e. The van der Waals surface area contributed by atoms with Crippen molar-refractivity contribution < 1.29 is 9.59 Å². The van der Waals surface area contributed by atoms with Crippen molar-refractivity contribution in [2.24, 2.45) is 5.73 Å². The van der Waals surface area contributed by atoms with Crippen LogP contribution in [-0.4, -0.2) is 35.3 Å². The number of hydrogen-bond donors (Lipinski definition) is 2. The Labute approximate surface area is 178 Å². The summed E-state index contributed by atoms with van der Waals surface area (Å²) >= 11 is 0. The second kappa shape index (κ2) is 7.88. The number of nitrogens with two attached hydrogens (primary N) is 1. The van der Waals surface area contributed by atoms with Gasteiger partial charge in [-0.25, -0.2) is 0 Å². The van der Waals surface area contributed by atoms with Crippen molar-refractivity contribution in [2.75, 3.05) is 13.1 Å². The van der Waals surface area contributed by atoms with Crippen LogP contribution in [0.4, 0.5) is 0 Å². The van der Waals surface area contributed by atoms with Crippen LogP contribution < -0.4 is 11.1 Å². The molecule has 2 aromatic carbocycles. The molecule has 1 spiro atoms. The first-order valence-corrected chi connectivity index (χ1v) is 10.8. The Bertz CT molecular complexity index is 925. The monoisotopic (exact) mass is 405 g/mol. The zero-order chi connectivity index (χ0) is 21.4. The minimum atomic E-state index is -1.05. The molecule has 0 aromatic heterocycles. The second-order valence-corrected chi connectivity index (χ2v) is 9.30. The Morgan fingerprint density at radius 3 is 2.30 bits per heavy atom. The Morgan fingerprint density at radius 1 is 1.00 bits per heavy atom. The molecule has 3 N–H and O–H groups in total. The summed E-state index contributed by atoms with van der Waals surface area (Å²) in [6.07, 6.45) is 4.22. The van der Waals surface area contributed by atoms with Gasteiger partial charge in [-0.15, -0.1) is 0 Å². The Hall–Kier alpha value is -2.66. The fourth-order valence-electron chi connectivity index (χ4n) is 4.87. The number of carbonyl (C=O) groups is 2. The molecule has 2 aliphatic rings. The maximum Gasteiger partial charge on any atom is 0.249 e. The van der Waals surface area contributed by atoms with Gasteiger partial charge in [0.25, 0.3) is 0 Å². The highest BCUT2D eigenvalue weighted by Crippen LogP contribution is 2.46. The molecule has 2 aromatic rings. The third kappa shape index (κ3) is 3.86. The normalized spacial score (nSPS) is 18.7. The van der Waals surface area contributed by atoms with E-state index in [0.29, 0.717) is 13.1 Å². The van der Waals surface area contributed by atoms with Crippen molar-refractivity contribution in [3.8, 4) is 0 Å². The third-order valence-electron chi connectivity index (χ3n) is 6.73. The summed E-state index contributed by atoms with van der Waals surface area (Å²) in [5.74, 6) is -0.386. The highest BCUT2D eigenvalue weighted by atomic mass is 16.2.